The van der Waals surface area contributed by atoms with Crippen molar-refractivity contribution in [2.24, 2.45) is 0 Å². The third-order valence-corrected chi connectivity index (χ3v) is 6.68. The van der Waals surface area contributed by atoms with Gasteiger partial charge in [0.2, 0.25) is 5.91 Å². The van der Waals surface area contributed by atoms with Crippen LogP contribution in [0.15, 0.2) is 30.3 Å². The van der Waals surface area contributed by atoms with Crippen LogP contribution in [0, 0.1) is 6.92 Å². The van der Waals surface area contributed by atoms with E-state index < -0.39 is 12.0 Å². The third kappa shape index (κ3) is 10.2. The van der Waals surface area contributed by atoms with Gasteiger partial charge >= 0.3 is 12.0 Å². The van der Waals surface area contributed by atoms with Crippen LogP contribution in [-0.4, -0.2) is 88.4 Å². The lowest BCUT2D eigenvalue weighted by Crippen LogP contribution is -2.48. The number of carbonyl (C=O) groups excluding carboxylic acids is 3. The number of ether oxygens (including phenoxy) is 4. The zero-order chi connectivity index (χ0) is 27.9. The average Bonchev–Trinajstić information content (AvgIpc) is 3.33. The highest BCUT2D eigenvalue weighted by molar-refractivity contribution is 7.11. The van der Waals surface area contributed by atoms with E-state index in [0.717, 1.165) is 15.3 Å². The molecule has 38 heavy (non-hydrogen) atoms. The maximum absolute atomic E-state index is 13.5. The molecule has 0 aliphatic rings. The molecular weight excluding hydrogens is 510 g/mol. The van der Waals surface area contributed by atoms with Crippen molar-refractivity contribution in [3.05, 3.63) is 45.6 Å². The number of hydrogen-bond acceptors (Lipinski definition) is 8. The molecule has 2 rings (SSSR count). The Morgan fingerprint density at radius 2 is 1.74 bits per heavy atom. The lowest BCUT2D eigenvalue weighted by molar-refractivity contribution is -0.141. The highest BCUT2D eigenvalue weighted by Crippen LogP contribution is 2.28. The molecule has 10 nitrogen and oxygen atoms in total. The van der Waals surface area contributed by atoms with Gasteiger partial charge in [0.05, 0.1) is 27.4 Å². The van der Waals surface area contributed by atoms with E-state index >= 15 is 0 Å². The molecule has 0 aliphatic carbocycles. The second kappa shape index (κ2) is 16.5. The number of nitrogens with zero attached hydrogens (tertiary/aromatic N) is 2. The third-order valence-electron chi connectivity index (χ3n) is 5.69. The molecule has 210 valence electrons. The Morgan fingerprint density at radius 1 is 0.974 bits per heavy atom. The van der Waals surface area contributed by atoms with Gasteiger partial charge in [0, 0.05) is 36.6 Å². The molecule has 1 aromatic heterocycles. The van der Waals surface area contributed by atoms with Crippen molar-refractivity contribution < 1.29 is 33.3 Å². The van der Waals surface area contributed by atoms with Crippen molar-refractivity contribution in [2.75, 3.05) is 60.7 Å². The fourth-order valence-corrected chi connectivity index (χ4v) is 4.64. The van der Waals surface area contributed by atoms with Crippen molar-refractivity contribution in [1.82, 2.24) is 15.1 Å². The normalized spacial score (nSPS) is 10.6. The quantitative estimate of drug-likeness (QED) is 0.253. The fraction of sp³-hybridized carbons (Fsp3) is 0.519. The lowest BCUT2D eigenvalue weighted by atomic mass is 10.1. The number of rotatable bonds is 16. The summed E-state index contributed by atoms with van der Waals surface area (Å²) in [5, 5.41) is 2.55. The van der Waals surface area contributed by atoms with Gasteiger partial charge < -0.3 is 34.1 Å². The first-order valence-electron chi connectivity index (χ1n) is 12.5. The Kier molecular flexibility index (Phi) is 13.4. The molecule has 0 bridgehead atoms. The van der Waals surface area contributed by atoms with Crippen molar-refractivity contribution in [3.63, 3.8) is 0 Å². The van der Waals surface area contributed by atoms with Crippen LogP contribution in [0.2, 0.25) is 0 Å². The molecule has 1 aromatic carbocycles. The summed E-state index contributed by atoms with van der Waals surface area (Å²) in [7, 11) is 4.75. The summed E-state index contributed by atoms with van der Waals surface area (Å²) >= 11 is 1.63. The Morgan fingerprint density at radius 3 is 2.37 bits per heavy atom. The van der Waals surface area contributed by atoms with E-state index in [4.69, 9.17) is 18.9 Å². The first-order chi connectivity index (χ1) is 18.3. The number of aryl methyl sites for hydroxylation is 1. The van der Waals surface area contributed by atoms with Crippen molar-refractivity contribution >= 4 is 29.2 Å². The Labute approximate surface area is 228 Å². The van der Waals surface area contributed by atoms with Crippen molar-refractivity contribution in [3.8, 4) is 11.5 Å². The molecule has 0 radical (unpaired) electrons. The van der Waals surface area contributed by atoms with Crippen molar-refractivity contribution in [2.45, 2.75) is 33.2 Å². The number of esters is 1. The minimum Gasteiger partial charge on any atom is -0.493 e. The molecule has 0 saturated carbocycles. The molecule has 11 heteroatoms. The SMILES string of the molecule is CCOC(=O)CNC(=O)N(CCCOC)CC(=O)N(CCc1ccc(OC)c(OC)c1)Cc1ccc(C)s1. The molecule has 0 aliphatic heterocycles. The fourth-order valence-electron chi connectivity index (χ4n) is 3.74. The maximum atomic E-state index is 13.5. The summed E-state index contributed by atoms with van der Waals surface area (Å²) in [6.45, 7) is 5.16. The van der Waals surface area contributed by atoms with Gasteiger partial charge in [-0.05, 0) is 56.5 Å². The van der Waals surface area contributed by atoms with E-state index in [2.05, 4.69) is 5.32 Å². The molecule has 2 aromatic rings. The molecular formula is C27H39N3O7S. The molecule has 0 atom stereocenters. The van der Waals surface area contributed by atoms with Gasteiger partial charge in [-0.15, -0.1) is 11.3 Å². The second-order valence-electron chi connectivity index (χ2n) is 8.50. The van der Waals surface area contributed by atoms with Gasteiger partial charge in [-0.1, -0.05) is 6.07 Å². The summed E-state index contributed by atoms with van der Waals surface area (Å²) in [5.74, 6) is 0.534. The highest BCUT2D eigenvalue weighted by atomic mass is 32.1. The predicted molar refractivity (Wildman–Crippen MR) is 146 cm³/mol. The Bertz CT molecular complexity index is 1040. The second-order valence-corrected chi connectivity index (χ2v) is 9.87. The van der Waals surface area contributed by atoms with Crippen LogP contribution in [0.4, 0.5) is 4.79 Å². The smallest absolute Gasteiger partial charge is 0.325 e. The number of nitrogens with one attached hydrogen (secondary N) is 1. The number of amides is 3. The number of carbonyl (C=O) groups is 3. The molecule has 1 heterocycles. The van der Waals surface area contributed by atoms with Crippen LogP contribution < -0.4 is 14.8 Å². The number of urea groups is 1. The van der Waals surface area contributed by atoms with Crippen LogP contribution in [-0.2, 0) is 32.0 Å². The summed E-state index contributed by atoms with van der Waals surface area (Å²) < 4.78 is 20.7. The zero-order valence-electron chi connectivity index (χ0n) is 22.9. The van der Waals surface area contributed by atoms with Gasteiger partial charge in [-0.2, -0.15) is 0 Å². The standard InChI is InChI=1S/C27H39N3O7S/c1-6-37-26(32)17-28-27(33)30(13-7-15-34-3)19-25(31)29(18-22-10-8-20(2)38-22)14-12-21-9-11-23(35-4)24(16-21)36-5/h8-11,16H,6-7,12-15,17-19H2,1-5H3,(H,28,33). The molecule has 1 N–H and O–H groups in total. The summed E-state index contributed by atoms with van der Waals surface area (Å²) in [6, 6.07) is 9.22. The van der Waals surface area contributed by atoms with Gasteiger partial charge in [0.1, 0.15) is 13.1 Å². The van der Waals surface area contributed by atoms with Crippen LogP contribution in [0.1, 0.15) is 28.7 Å². The number of hydrogen-bond donors (Lipinski definition) is 1. The Balaban J connectivity index is 2.16. The predicted octanol–water partition coefficient (Wildman–Crippen LogP) is 3.26. The van der Waals surface area contributed by atoms with Gasteiger partial charge in [-0.25, -0.2) is 4.79 Å². The Hall–Kier alpha value is -3.31. The van der Waals surface area contributed by atoms with E-state index in [1.165, 1.54) is 4.90 Å². The molecule has 0 saturated heterocycles. The topological polar surface area (TPSA) is 107 Å². The average molecular weight is 550 g/mol. The summed E-state index contributed by atoms with van der Waals surface area (Å²) in [5.41, 5.74) is 0.993. The number of thiophene rings is 1. The minimum atomic E-state index is -0.534. The summed E-state index contributed by atoms with van der Waals surface area (Å²) in [4.78, 5) is 43.5. The first kappa shape index (κ1) is 30.9. The molecule has 3 amide bonds. The van der Waals surface area contributed by atoms with Crippen LogP contribution in [0.3, 0.4) is 0 Å². The van der Waals surface area contributed by atoms with E-state index in [1.54, 1.807) is 44.5 Å². The van der Waals surface area contributed by atoms with Crippen LogP contribution in [0.5, 0.6) is 11.5 Å². The first-order valence-corrected chi connectivity index (χ1v) is 13.3. The number of methoxy groups -OCH3 is 3. The zero-order valence-corrected chi connectivity index (χ0v) is 23.7. The summed E-state index contributed by atoms with van der Waals surface area (Å²) in [6.07, 6.45) is 1.14. The van der Waals surface area contributed by atoms with Crippen LogP contribution >= 0.6 is 11.3 Å². The van der Waals surface area contributed by atoms with Gasteiger partial charge in [-0.3, -0.25) is 9.59 Å². The van der Waals surface area contributed by atoms with Gasteiger partial charge in [0.25, 0.3) is 0 Å². The largest absolute Gasteiger partial charge is 0.493 e. The maximum Gasteiger partial charge on any atom is 0.325 e. The molecule has 0 unspecified atom stereocenters. The molecule has 0 spiro atoms. The van der Waals surface area contributed by atoms with E-state index in [9.17, 15) is 14.4 Å². The molecule has 0 fully saturated rings. The number of benzene rings is 1. The van der Waals surface area contributed by atoms with Crippen molar-refractivity contribution in [1.29, 1.82) is 0 Å². The lowest BCUT2D eigenvalue weighted by Gasteiger charge is -2.28. The van der Waals surface area contributed by atoms with Gasteiger partial charge in [0.15, 0.2) is 11.5 Å². The monoisotopic (exact) mass is 549 g/mol. The van der Waals surface area contributed by atoms with E-state index in [-0.39, 0.29) is 25.6 Å². The van der Waals surface area contributed by atoms with Crippen LogP contribution in [0.25, 0.3) is 0 Å². The van der Waals surface area contributed by atoms with E-state index in [0.29, 0.717) is 50.6 Å². The highest BCUT2D eigenvalue weighted by Gasteiger charge is 2.22. The van der Waals surface area contributed by atoms with E-state index in [1.807, 2.05) is 37.3 Å². The minimum absolute atomic E-state index is 0.130.